The topological polar surface area (TPSA) is 85.6 Å². The maximum Gasteiger partial charge on any atom is 0.232 e. The summed E-state index contributed by atoms with van der Waals surface area (Å²) >= 11 is 0. The number of anilines is 1. The first kappa shape index (κ1) is 21.9. The molecule has 1 atom stereocenters. The van der Waals surface area contributed by atoms with Crippen LogP contribution in [0.25, 0.3) is 22.4 Å². The molecule has 172 valence electrons. The fraction of sp³-hybridized carbons (Fsp3) is 0.296. The number of amides is 1. The first-order chi connectivity index (χ1) is 16.3. The highest BCUT2D eigenvalue weighted by Gasteiger charge is 2.32. The number of aryl methyl sites for hydroxylation is 1. The van der Waals surface area contributed by atoms with Crippen LogP contribution in [0.5, 0.6) is 0 Å². The van der Waals surface area contributed by atoms with Gasteiger partial charge < -0.3 is 5.32 Å². The molecule has 5 rings (SSSR count). The van der Waals surface area contributed by atoms with Gasteiger partial charge in [0.2, 0.25) is 5.91 Å². The second kappa shape index (κ2) is 8.48. The van der Waals surface area contributed by atoms with Crippen LogP contribution in [-0.2, 0) is 17.8 Å². The normalized spacial score (nSPS) is 15.1. The third-order valence-electron chi connectivity index (χ3n) is 6.45. The van der Waals surface area contributed by atoms with Crippen molar-refractivity contribution in [1.82, 2.24) is 24.7 Å². The molecule has 0 fully saturated rings. The lowest BCUT2D eigenvalue weighted by atomic mass is 9.89. The zero-order valence-corrected chi connectivity index (χ0v) is 19.9. The van der Waals surface area contributed by atoms with Crippen LogP contribution in [0.1, 0.15) is 43.5 Å². The number of pyridine rings is 3. The van der Waals surface area contributed by atoms with E-state index in [0.29, 0.717) is 5.82 Å². The van der Waals surface area contributed by atoms with E-state index < -0.39 is 0 Å². The van der Waals surface area contributed by atoms with Crippen LogP contribution >= 0.6 is 0 Å². The smallest absolute Gasteiger partial charge is 0.232 e. The van der Waals surface area contributed by atoms with Crippen molar-refractivity contribution < 1.29 is 4.79 Å². The summed E-state index contributed by atoms with van der Waals surface area (Å²) < 4.78 is 2.09. The number of rotatable bonds is 5. The van der Waals surface area contributed by atoms with Gasteiger partial charge in [0, 0.05) is 48.2 Å². The van der Waals surface area contributed by atoms with E-state index in [0.717, 1.165) is 46.5 Å². The van der Waals surface area contributed by atoms with Gasteiger partial charge in [-0.15, -0.1) is 0 Å². The minimum Gasteiger partial charge on any atom is -0.310 e. The molecule has 34 heavy (non-hydrogen) atoms. The van der Waals surface area contributed by atoms with Crippen molar-refractivity contribution in [1.29, 1.82) is 0 Å². The molecule has 0 bridgehead atoms. The number of nitrogens with one attached hydrogen (secondary N) is 1. The zero-order valence-electron chi connectivity index (χ0n) is 19.9. The molecular weight excluding hydrogens is 424 g/mol. The molecule has 0 radical (unpaired) electrons. The second-order valence-electron chi connectivity index (χ2n) is 9.82. The van der Waals surface area contributed by atoms with E-state index in [1.165, 1.54) is 5.69 Å². The quantitative estimate of drug-likeness (QED) is 0.459. The van der Waals surface area contributed by atoms with Gasteiger partial charge in [-0.25, -0.2) is 4.98 Å². The van der Waals surface area contributed by atoms with Crippen molar-refractivity contribution in [3.05, 3.63) is 78.1 Å². The summed E-state index contributed by atoms with van der Waals surface area (Å²) in [6.07, 6.45) is 9.97. The number of fused-ring (bicyclic) bond motifs is 1. The number of hydrogen-bond donors (Lipinski definition) is 1. The van der Waals surface area contributed by atoms with E-state index in [4.69, 9.17) is 0 Å². The van der Waals surface area contributed by atoms with Gasteiger partial charge in [-0.3, -0.25) is 19.4 Å². The van der Waals surface area contributed by atoms with Gasteiger partial charge in [-0.2, -0.15) is 5.10 Å². The average Bonchev–Trinajstić information content (AvgIpc) is 3.35. The predicted octanol–water partition coefficient (Wildman–Crippen LogP) is 5.04. The van der Waals surface area contributed by atoms with Crippen LogP contribution in [0.4, 0.5) is 5.82 Å². The molecule has 0 saturated carbocycles. The maximum absolute atomic E-state index is 13.0. The van der Waals surface area contributed by atoms with Crippen molar-refractivity contribution in [3.8, 4) is 22.4 Å². The van der Waals surface area contributed by atoms with Crippen molar-refractivity contribution in [2.75, 3.05) is 5.32 Å². The Hall–Kier alpha value is -3.87. The Balaban J connectivity index is 1.34. The molecular formula is C27H28N6O. The minimum atomic E-state index is -0.372. The number of hydrogen-bond acceptors (Lipinski definition) is 5. The highest BCUT2D eigenvalue weighted by atomic mass is 16.1. The van der Waals surface area contributed by atoms with Gasteiger partial charge in [-0.1, -0.05) is 19.9 Å². The summed E-state index contributed by atoms with van der Waals surface area (Å²) in [7, 11) is 0. The number of aromatic nitrogens is 5. The summed E-state index contributed by atoms with van der Waals surface area (Å²) in [4.78, 5) is 26.1. The molecule has 5 heterocycles. The maximum atomic E-state index is 13.0. The SMILES string of the molecule is Cc1cnc(NC(=O)[C@H](C)c2ccc(-c3cccnc3)nc2)cc1-c1cnn2c1CC(C)(C)C2. The van der Waals surface area contributed by atoms with E-state index in [1.54, 1.807) is 18.6 Å². The van der Waals surface area contributed by atoms with Gasteiger partial charge in [-0.05, 0) is 66.6 Å². The number of carbonyl (C=O) groups excluding carboxylic acids is 1. The van der Waals surface area contributed by atoms with Gasteiger partial charge in [0.05, 0.1) is 17.8 Å². The molecule has 1 amide bonds. The van der Waals surface area contributed by atoms with Crippen molar-refractivity contribution in [2.24, 2.45) is 5.41 Å². The van der Waals surface area contributed by atoms with E-state index in [9.17, 15) is 4.79 Å². The first-order valence-corrected chi connectivity index (χ1v) is 11.5. The molecule has 4 aromatic heterocycles. The van der Waals surface area contributed by atoms with Crippen LogP contribution in [0.3, 0.4) is 0 Å². The molecule has 0 spiro atoms. The molecule has 0 aromatic carbocycles. The lowest BCUT2D eigenvalue weighted by molar-refractivity contribution is -0.117. The summed E-state index contributed by atoms with van der Waals surface area (Å²) in [5, 5.41) is 7.58. The van der Waals surface area contributed by atoms with E-state index in [-0.39, 0.29) is 17.2 Å². The van der Waals surface area contributed by atoms with Crippen LogP contribution in [0, 0.1) is 12.3 Å². The highest BCUT2D eigenvalue weighted by molar-refractivity contribution is 5.95. The zero-order chi connectivity index (χ0) is 23.9. The predicted molar refractivity (Wildman–Crippen MR) is 132 cm³/mol. The third kappa shape index (κ3) is 4.21. The molecule has 1 aliphatic heterocycles. The Kier molecular flexibility index (Phi) is 5.48. The molecule has 4 aromatic rings. The van der Waals surface area contributed by atoms with Gasteiger partial charge in [0.25, 0.3) is 0 Å². The largest absolute Gasteiger partial charge is 0.310 e. The van der Waals surface area contributed by atoms with Gasteiger partial charge in [0.15, 0.2) is 0 Å². The average molecular weight is 453 g/mol. The van der Waals surface area contributed by atoms with Crippen LogP contribution in [0.15, 0.2) is 61.3 Å². The molecule has 0 aliphatic carbocycles. The van der Waals surface area contributed by atoms with Crippen molar-refractivity contribution in [2.45, 2.75) is 46.6 Å². The Morgan fingerprint density at radius 1 is 1.09 bits per heavy atom. The minimum absolute atomic E-state index is 0.125. The number of nitrogens with zero attached hydrogens (tertiary/aromatic N) is 5. The Morgan fingerprint density at radius 2 is 1.94 bits per heavy atom. The highest BCUT2D eigenvalue weighted by Crippen LogP contribution is 2.38. The number of carbonyl (C=O) groups is 1. The van der Waals surface area contributed by atoms with Crippen LogP contribution in [0.2, 0.25) is 0 Å². The molecule has 7 heteroatoms. The summed E-state index contributed by atoms with van der Waals surface area (Å²) in [6.45, 7) is 9.35. The van der Waals surface area contributed by atoms with Gasteiger partial charge >= 0.3 is 0 Å². The fourth-order valence-corrected chi connectivity index (χ4v) is 4.49. The Bertz CT molecular complexity index is 1340. The molecule has 7 nitrogen and oxygen atoms in total. The summed E-state index contributed by atoms with van der Waals surface area (Å²) in [6, 6.07) is 9.64. The molecule has 0 unspecified atom stereocenters. The van der Waals surface area contributed by atoms with Crippen molar-refractivity contribution in [3.63, 3.8) is 0 Å². The summed E-state index contributed by atoms with van der Waals surface area (Å²) in [5.41, 5.74) is 7.28. The van der Waals surface area contributed by atoms with Crippen LogP contribution in [-0.4, -0.2) is 30.6 Å². The molecule has 1 N–H and O–H groups in total. The van der Waals surface area contributed by atoms with Gasteiger partial charge in [0.1, 0.15) is 5.82 Å². The first-order valence-electron chi connectivity index (χ1n) is 11.5. The monoisotopic (exact) mass is 452 g/mol. The second-order valence-corrected chi connectivity index (χ2v) is 9.82. The molecule has 1 aliphatic rings. The fourth-order valence-electron chi connectivity index (χ4n) is 4.49. The lowest BCUT2D eigenvalue weighted by Crippen LogP contribution is -2.19. The Morgan fingerprint density at radius 3 is 2.68 bits per heavy atom. The van der Waals surface area contributed by atoms with E-state index >= 15 is 0 Å². The summed E-state index contributed by atoms with van der Waals surface area (Å²) in [5.74, 6) is 0.0393. The van der Waals surface area contributed by atoms with Crippen molar-refractivity contribution >= 4 is 11.7 Å². The van der Waals surface area contributed by atoms with E-state index in [2.05, 4.69) is 43.9 Å². The third-order valence-corrected chi connectivity index (χ3v) is 6.45. The van der Waals surface area contributed by atoms with Crippen LogP contribution < -0.4 is 5.32 Å². The Labute approximate surface area is 199 Å². The van der Waals surface area contributed by atoms with E-state index in [1.807, 2.05) is 56.6 Å². The molecule has 0 saturated heterocycles. The lowest BCUT2D eigenvalue weighted by Gasteiger charge is -2.15. The standard InChI is InChI=1S/C27H28N6O/c1-17-12-30-25(10-21(17)22-15-31-33-16-27(3,4)11-24(22)33)32-26(34)18(2)19-7-8-23(29-14-19)20-6-5-9-28-13-20/h5-10,12-15,18H,11,16H2,1-4H3,(H,30,32,34)/t18-/m1/s1.